The summed E-state index contributed by atoms with van der Waals surface area (Å²) < 4.78 is 0. The number of rotatable bonds is 3. The third-order valence-corrected chi connectivity index (χ3v) is 3.91. The number of benzene rings is 1. The Labute approximate surface area is 115 Å². The van der Waals surface area contributed by atoms with Crippen LogP contribution in [0, 0.1) is 6.92 Å². The van der Waals surface area contributed by atoms with Crippen LogP contribution in [0.25, 0.3) is 0 Å². The molecule has 98 valence electrons. The van der Waals surface area contributed by atoms with Gasteiger partial charge in [0.25, 0.3) is 0 Å². The van der Waals surface area contributed by atoms with Crippen molar-refractivity contribution in [2.24, 2.45) is 0 Å². The van der Waals surface area contributed by atoms with Crippen LogP contribution in [0.5, 0.6) is 0 Å². The van der Waals surface area contributed by atoms with E-state index in [1.54, 1.807) is 0 Å². The number of pyridine rings is 1. The maximum absolute atomic E-state index is 4.44. The summed E-state index contributed by atoms with van der Waals surface area (Å²) in [6.45, 7) is 4.27. The molecule has 2 heterocycles. The molecule has 0 radical (unpaired) electrons. The Kier molecular flexibility index (Phi) is 3.60. The Morgan fingerprint density at radius 3 is 2.74 bits per heavy atom. The van der Waals surface area contributed by atoms with Crippen LogP contribution in [0.4, 0.5) is 0 Å². The first-order chi connectivity index (χ1) is 9.33. The maximum atomic E-state index is 4.44. The smallest absolute Gasteiger partial charge is 0.0372 e. The van der Waals surface area contributed by atoms with Gasteiger partial charge in [0.2, 0.25) is 0 Å². The summed E-state index contributed by atoms with van der Waals surface area (Å²) in [7, 11) is 0. The second-order valence-corrected chi connectivity index (χ2v) is 5.35. The molecule has 1 aromatic heterocycles. The highest BCUT2D eigenvalue weighted by Crippen LogP contribution is 2.32. The van der Waals surface area contributed by atoms with Crippen LogP contribution in [-0.2, 0) is 6.54 Å². The molecule has 0 spiro atoms. The lowest BCUT2D eigenvalue weighted by molar-refractivity contribution is 0.248. The average molecular weight is 252 g/mol. The Hall–Kier alpha value is -1.67. The van der Waals surface area contributed by atoms with Gasteiger partial charge in [-0.05, 0) is 43.5 Å². The molecule has 1 atom stereocenters. The molecule has 0 aliphatic carbocycles. The topological polar surface area (TPSA) is 16.1 Å². The normalized spacial score (nSPS) is 19.7. The highest BCUT2D eigenvalue weighted by molar-refractivity contribution is 5.20. The highest BCUT2D eigenvalue weighted by atomic mass is 15.2. The fourth-order valence-corrected chi connectivity index (χ4v) is 2.89. The number of nitrogens with zero attached hydrogens (tertiary/aromatic N) is 2. The fraction of sp³-hybridized carbons (Fsp3) is 0.353. The molecule has 0 saturated carbocycles. The van der Waals surface area contributed by atoms with Gasteiger partial charge in [0.15, 0.2) is 0 Å². The van der Waals surface area contributed by atoms with Gasteiger partial charge >= 0.3 is 0 Å². The fourth-order valence-electron chi connectivity index (χ4n) is 2.89. The molecular weight excluding hydrogens is 232 g/mol. The molecule has 0 N–H and O–H groups in total. The third-order valence-electron chi connectivity index (χ3n) is 3.91. The quantitative estimate of drug-likeness (QED) is 0.827. The van der Waals surface area contributed by atoms with E-state index in [4.69, 9.17) is 0 Å². The molecule has 2 heteroatoms. The average Bonchev–Trinajstić information content (AvgIpc) is 2.89. The van der Waals surface area contributed by atoms with E-state index in [-0.39, 0.29) is 0 Å². The Morgan fingerprint density at radius 1 is 1.16 bits per heavy atom. The van der Waals surface area contributed by atoms with Crippen molar-refractivity contribution < 1.29 is 0 Å². The summed E-state index contributed by atoms with van der Waals surface area (Å²) in [5.74, 6) is 0. The van der Waals surface area contributed by atoms with Crippen molar-refractivity contribution in [1.29, 1.82) is 0 Å². The number of hydrogen-bond acceptors (Lipinski definition) is 2. The molecule has 1 aromatic carbocycles. The van der Waals surface area contributed by atoms with Gasteiger partial charge in [0.1, 0.15) is 0 Å². The minimum absolute atomic E-state index is 0.535. The summed E-state index contributed by atoms with van der Waals surface area (Å²) in [5.41, 5.74) is 3.85. The van der Waals surface area contributed by atoms with Gasteiger partial charge in [-0.15, -0.1) is 0 Å². The van der Waals surface area contributed by atoms with E-state index in [1.807, 2.05) is 13.1 Å². The van der Waals surface area contributed by atoms with Crippen molar-refractivity contribution >= 4 is 0 Å². The highest BCUT2D eigenvalue weighted by Gasteiger charge is 2.25. The van der Waals surface area contributed by atoms with Crippen molar-refractivity contribution in [2.75, 3.05) is 6.54 Å². The number of aromatic nitrogens is 1. The van der Waals surface area contributed by atoms with Crippen molar-refractivity contribution in [1.82, 2.24) is 9.88 Å². The van der Waals surface area contributed by atoms with Crippen molar-refractivity contribution in [3.05, 3.63) is 65.5 Å². The number of aryl methyl sites for hydroxylation is 1. The van der Waals surface area contributed by atoms with Crippen molar-refractivity contribution in [3.8, 4) is 0 Å². The van der Waals surface area contributed by atoms with Crippen LogP contribution < -0.4 is 0 Å². The second kappa shape index (κ2) is 5.54. The van der Waals surface area contributed by atoms with E-state index in [0.29, 0.717) is 6.04 Å². The van der Waals surface area contributed by atoms with Gasteiger partial charge < -0.3 is 0 Å². The van der Waals surface area contributed by atoms with Gasteiger partial charge in [-0.3, -0.25) is 9.88 Å². The molecule has 19 heavy (non-hydrogen) atoms. The van der Waals surface area contributed by atoms with Gasteiger partial charge in [-0.2, -0.15) is 0 Å². The molecular formula is C17H20N2. The second-order valence-electron chi connectivity index (χ2n) is 5.35. The van der Waals surface area contributed by atoms with Crippen LogP contribution >= 0.6 is 0 Å². The maximum Gasteiger partial charge on any atom is 0.0372 e. The first-order valence-corrected chi connectivity index (χ1v) is 7.03. The summed E-state index contributed by atoms with van der Waals surface area (Å²) >= 11 is 0. The van der Waals surface area contributed by atoms with E-state index in [1.165, 1.54) is 30.5 Å². The zero-order valence-corrected chi connectivity index (χ0v) is 11.4. The SMILES string of the molecule is Cc1ccc([C@@H]2CCCN2Cc2ccccc2)cn1. The molecule has 2 nitrogen and oxygen atoms in total. The summed E-state index contributed by atoms with van der Waals surface area (Å²) in [6.07, 6.45) is 4.58. The molecule has 1 saturated heterocycles. The van der Waals surface area contributed by atoms with Crippen molar-refractivity contribution in [2.45, 2.75) is 32.4 Å². The summed E-state index contributed by atoms with van der Waals surface area (Å²) in [6, 6.07) is 15.6. The van der Waals surface area contributed by atoms with Crippen LogP contribution in [-0.4, -0.2) is 16.4 Å². The Balaban J connectivity index is 1.76. The molecule has 0 amide bonds. The lowest BCUT2D eigenvalue weighted by atomic mass is 10.1. The monoisotopic (exact) mass is 252 g/mol. The number of likely N-dealkylation sites (tertiary alicyclic amines) is 1. The Bertz CT molecular complexity index is 519. The van der Waals surface area contributed by atoms with Crippen LogP contribution in [0.15, 0.2) is 48.7 Å². The molecule has 0 unspecified atom stereocenters. The first-order valence-electron chi connectivity index (χ1n) is 7.03. The lowest BCUT2D eigenvalue weighted by Crippen LogP contribution is -2.22. The molecule has 3 rings (SSSR count). The molecule has 1 aliphatic rings. The Morgan fingerprint density at radius 2 is 2.00 bits per heavy atom. The largest absolute Gasteiger partial charge is 0.292 e. The zero-order chi connectivity index (χ0) is 13.1. The summed E-state index contributed by atoms with van der Waals surface area (Å²) in [5, 5.41) is 0. The van der Waals surface area contributed by atoms with Crippen molar-refractivity contribution in [3.63, 3.8) is 0 Å². The van der Waals surface area contributed by atoms with Gasteiger partial charge in [0, 0.05) is 24.5 Å². The molecule has 2 aromatic rings. The van der Waals surface area contributed by atoms with Crippen LogP contribution in [0.3, 0.4) is 0 Å². The van der Waals surface area contributed by atoms with Gasteiger partial charge in [-0.1, -0.05) is 36.4 Å². The van der Waals surface area contributed by atoms with E-state index >= 15 is 0 Å². The minimum Gasteiger partial charge on any atom is -0.292 e. The standard InChI is InChI=1S/C17H20N2/c1-14-9-10-16(12-18-14)17-8-5-11-19(17)13-15-6-3-2-4-7-15/h2-4,6-7,9-10,12,17H,5,8,11,13H2,1H3/t17-/m0/s1. The zero-order valence-electron chi connectivity index (χ0n) is 11.4. The minimum atomic E-state index is 0.535. The number of hydrogen-bond donors (Lipinski definition) is 0. The van der Waals surface area contributed by atoms with Gasteiger partial charge in [-0.25, -0.2) is 0 Å². The molecule has 0 bridgehead atoms. The van der Waals surface area contributed by atoms with E-state index in [9.17, 15) is 0 Å². The summed E-state index contributed by atoms with van der Waals surface area (Å²) in [4.78, 5) is 7.01. The van der Waals surface area contributed by atoms with E-state index in [0.717, 1.165) is 12.2 Å². The molecule has 1 fully saturated rings. The first kappa shape index (κ1) is 12.4. The predicted molar refractivity (Wildman–Crippen MR) is 77.8 cm³/mol. The van der Waals surface area contributed by atoms with Crippen LogP contribution in [0.2, 0.25) is 0 Å². The third kappa shape index (κ3) is 2.85. The molecule has 1 aliphatic heterocycles. The van der Waals surface area contributed by atoms with E-state index in [2.05, 4.69) is 52.3 Å². The van der Waals surface area contributed by atoms with E-state index < -0.39 is 0 Å². The predicted octanol–water partition coefficient (Wildman–Crippen LogP) is 3.73. The lowest BCUT2D eigenvalue weighted by Gasteiger charge is -2.24. The van der Waals surface area contributed by atoms with Crippen LogP contribution in [0.1, 0.15) is 35.7 Å². The van der Waals surface area contributed by atoms with Gasteiger partial charge in [0.05, 0.1) is 0 Å².